The van der Waals surface area contributed by atoms with E-state index in [0.29, 0.717) is 12.5 Å². The zero-order valence-corrected chi connectivity index (χ0v) is 8.20. The van der Waals surface area contributed by atoms with Gasteiger partial charge in [-0.25, -0.2) is 0 Å². The van der Waals surface area contributed by atoms with Gasteiger partial charge in [0.25, 0.3) is 0 Å². The van der Waals surface area contributed by atoms with Crippen LogP contribution in [0.15, 0.2) is 30.3 Å². The van der Waals surface area contributed by atoms with Crippen LogP contribution in [-0.4, -0.2) is 6.61 Å². The van der Waals surface area contributed by atoms with Crippen molar-refractivity contribution in [1.29, 1.82) is 0 Å². The average Bonchev–Trinajstić information content (AvgIpc) is 2.14. The van der Waals surface area contributed by atoms with Gasteiger partial charge in [0.2, 0.25) is 0 Å². The predicted molar refractivity (Wildman–Crippen MR) is 55.2 cm³/mol. The van der Waals surface area contributed by atoms with E-state index >= 15 is 0 Å². The third-order valence-electron chi connectivity index (χ3n) is 1.87. The summed E-state index contributed by atoms with van der Waals surface area (Å²) in [6.07, 6.45) is 1.03. The predicted octanol–water partition coefficient (Wildman–Crippen LogP) is 3.06. The van der Waals surface area contributed by atoms with Crippen molar-refractivity contribution < 1.29 is 4.74 Å². The Bertz CT molecular complexity index is 216. The van der Waals surface area contributed by atoms with Gasteiger partial charge in [0.05, 0.1) is 6.61 Å². The lowest BCUT2D eigenvalue weighted by Crippen LogP contribution is -1.99. The molecule has 0 aliphatic rings. The first-order valence-electron chi connectivity index (χ1n) is 4.74. The van der Waals surface area contributed by atoms with Gasteiger partial charge in [0, 0.05) is 6.61 Å². The molecule has 1 atom stereocenters. The number of benzene rings is 1. The Kier molecular flexibility index (Phi) is 4.55. The summed E-state index contributed by atoms with van der Waals surface area (Å²) in [5.74, 6) is 0.482. The lowest BCUT2D eigenvalue weighted by atomic mass is 10.1. The summed E-state index contributed by atoms with van der Waals surface area (Å²) in [5.41, 5.74) is 1.24. The van der Waals surface area contributed by atoms with Gasteiger partial charge in [-0.15, -0.1) is 0 Å². The van der Waals surface area contributed by atoms with Crippen molar-refractivity contribution in [3.05, 3.63) is 42.8 Å². The highest BCUT2D eigenvalue weighted by atomic mass is 16.5. The second kappa shape index (κ2) is 5.76. The van der Waals surface area contributed by atoms with Crippen LogP contribution in [0.3, 0.4) is 0 Å². The van der Waals surface area contributed by atoms with E-state index < -0.39 is 0 Å². The third-order valence-corrected chi connectivity index (χ3v) is 1.87. The van der Waals surface area contributed by atoms with E-state index in [9.17, 15) is 0 Å². The van der Waals surface area contributed by atoms with Gasteiger partial charge in [-0.2, -0.15) is 0 Å². The number of rotatable bonds is 5. The molecule has 0 aliphatic carbocycles. The Labute approximate surface area is 80.7 Å². The van der Waals surface area contributed by atoms with Gasteiger partial charge < -0.3 is 4.74 Å². The molecule has 1 radical (unpaired) electrons. The summed E-state index contributed by atoms with van der Waals surface area (Å²) in [7, 11) is 0. The molecule has 1 aromatic rings. The molecule has 0 aliphatic heterocycles. The monoisotopic (exact) mass is 177 g/mol. The van der Waals surface area contributed by atoms with Crippen LogP contribution in [0.2, 0.25) is 0 Å². The second-order valence-electron chi connectivity index (χ2n) is 3.43. The van der Waals surface area contributed by atoms with E-state index in [1.165, 1.54) is 5.56 Å². The maximum absolute atomic E-state index is 5.49. The highest BCUT2D eigenvalue weighted by Crippen LogP contribution is 2.03. The van der Waals surface area contributed by atoms with Crippen LogP contribution in [0.1, 0.15) is 18.9 Å². The molecule has 0 spiro atoms. The molecule has 1 rings (SSSR count). The van der Waals surface area contributed by atoms with Crippen LogP contribution < -0.4 is 0 Å². The molecule has 1 nitrogen and oxygen atoms in total. The van der Waals surface area contributed by atoms with Gasteiger partial charge in [0.15, 0.2) is 0 Å². The van der Waals surface area contributed by atoms with Gasteiger partial charge in [-0.05, 0) is 17.9 Å². The van der Waals surface area contributed by atoms with Crippen molar-refractivity contribution in [3.8, 4) is 0 Å². The molecule has 13 heavy (non-hydrogen) atoms. The summed E-state index contributed by atoms with van der Waals surface area (Å²) in [6, 6.07) is 10.2. The van der Waals surface area contributed by atoms with Crippen LogP contribution in [0.5, 0.6) is 0 Å². The standard InChI is InChI=1S/C12H17O/c1-11(2)8-9-13-10-12-6-4-3-5-7-12/h3-7,11H,1,8-10H2,2H3/t11-/m0/s1. The van der Waals surface area contributed by atoms with Crippen molar-refractivity contribution in [2.75, 3.05) is 6.61 Å². The molecule has 0 fully saturated rings. The Hall–Kier alpha value is -0.820. The molecule has 1 heteroatoms. The van der Waals surface area contributed by atoms with Gasteiger partial charge in [-0.1, -0.05) is 44.2 Å². The minimum Gasteiger partial charge on any atom is -0.377 e. The van der Waals surface area contributed by atoms with Crippen molar-refractivity contribution in [3.63, 3.8) is 0 Å². The summed E-state index contributed by atoms with van der Waals surface area (Å²) >= 11 is 0. The molecule has 0 unspecified atom stereocenters. The molecule has 1 aromatic carbocycles. The van der Waals surface area contributed by atoms with Crippen LogP contribution in [0.4, 0.5) is 0 Å². The number of ether oxygens (including phenoxy) is 1. The molecule has 0 saturated heterocycles. The quantitative estimate of drug-likeness (QED) is 0.628. The first-order valence-corrected chi connectivity index (χ1v) is 4.74. The first kappa shape index (κ1) is 10.3. The second-order valence-corrected chi connectivity index (χ2v) is 3.43. The molecule has 0 bridgehead atoms. The molecule has 0 heterocycles. The number of hydrogen-bond donors (Lipinski definition) is 0. The maximum Gasteiger partial charge on any atom is 0.0716 e. The van der Waals surface area contributed by atoms with E-state index in [2.05, 4.69) is 26.0 Å². The maximum atomic E-state index is 5.49. The Balaban J connectivity index is 2.13. The summed E-state index contributed by atoms with van der Waals surface area (Å²) in [6.45, 7) is 7.53. The zero-order valence-electron chi connectivity index (χ0n) is 8.20. The molecule has 0 amide bonds. The first-order chi connectivity index (χ1) is 6.29. The average molecular weight is 177 g/mol. The van der Waals surface area contributed by atoms with Gasteiger partial charge >= 0.3 is 0 Å². The van der Waals surface area contributed by atoms with Crippen molar-refractivity contribution in [2.24, 2.45) is 5.92 Å². The minimum absolute atomic E-state index is 0.482. The fourth-order valence-corrected chi connectivity index (χ4v) is 1.05. The highest BCUT2D eigenvalue weighted by molar-refractivity contribution is 5.13. The Morgan fingerprint density at radius 3 is 2.62 bits per heavy atom. The topological polar surface area (TPSA) is 9.23 Å². The summed E-state index contributed by atoms with van der Waals surface area (Å²) in [5, 5.41) is 0. The van der Waals surface area contributed by atoms with Crippen molar-refractivity contribution in [2.45, 2.75) is 20.0 Å². The van der Waals surface area contributed by atoms with E-state index in [-0.39, 0.29) is 0 Å². The van der Waals surface area contributed by atoms with E-state index in [1.54, 1.807) is 0 Å². The normalized spacial score (nSPS) is 10.7. The van der Waals surface area contributed by atoms with Crippen LogP contribution in [-0.2, 0) is 11.3 Å². The molecule has 0 N–H and O–H groups in total. The molecular weight excluding hydrogens is 160 g/mol. The lowest BCUT2D eigenvalue weighted by Gasteiger charge is -2.05. The van der Waals surface area contributed by atoms with Gasteiger partial charge in [0.1, 0.15) is 0 Å². The van der Waals surface area contributed by atoms with Crippen LogP contribution in [0.25, 0.3) is 0 Å². The van der Waals surface area contributed by atoms with E-state index in [0.717, 1.165) is 13.0 Å². The smallest absolute Gasteiger partial charge is 0.0716 e. The SMILES string of the molecule is [CH2][C@@H](C)CCOCc1ccccc1. The third kappa shape index (κ3) is 4.69. The summed E-state index contributed by atoms with van der Waals surface area (Å²) < 4.78 is 5.49. The van der Waals surface area contributed by atoms with Gasteiger partial charge in [-0.3, -0.25) is 0 Å². The molecule has 0 saturated carbocycles. The van der Waals surface area contributed by atoms with E-state index in [1.807, 2.05) is 18.2 Å². The molecular formula is C12H17O. The van der Waals surface area contributed by atoms with Crippen molar-refractivity contribution >= 4 is 0 Å². The minimum atomic E-state index is 0.482. The molecule has 0 aromatic heterocycles. The molecule has 71 valence electrons. The summed E-state index contributed by atoms with van der Waals surface area (Å²) in [4.78, 5) is 0. The zero-order chi connectivity index (χ0) is 9.52. The largest absolute Gasteiger partial charge is 0.377 e. The lowest BCUT2D eigenvalue weighted by molar-refractivity contribution is 0.112. The van der Waals surface area contributed by atoms with E-state index in [4.69, 9.17) is 4.74 Å². The van der Waals surface area contributed by atoms with Crippen LogP contribution in [0, 0.1) is 12.8 Å². The Morgan fingerprint density at radius 1 is 1.31 bits per heavy atom. The fraction of sp³-hybridized carbons (Fsp3) is 0.417. The van der Waals surface area contributed by atoms with Crippen molar-refractivity contribution in [1.82, 2.24) is 0 Å². The fourth-order valence-electron chi connectivity index (χ4n) is 1.05. The Morgan fingerprint density at radius 2 is 2.00 bits per heavy atom. The number of hydrogen-bond acceptors (Lipinski definition) is 1. The van der Waals surface area contributed by atoms with Crippen LogP contribution >= 0.6 is 0 Å². The highest BCUT2D eigenvalue weighted by Gasteiger charge is 1.94.